The van der Waals surface area contributed by atoms with E-state index in [4.69, 9.17) is 21.1 Å². The van der Waals surface area contributed by atoms with E-state index < -0.39 is 0 Å². The Morgan fingerprint density at radius 2 is 2.25 bits per heavy atom. The molecule has 12 heavy (non-hydrogen) atoms. The van der Waals surface area contributed by atoms with Crippen LogP contribution in [0, 0.1) is 0 Å². The Hall–Kier alpha value is 0.170. The van der Waals surface area contributed by atoms with Crippen LogP contribution in [-0.4, -0.2) is 31.5 Å². The molecule has 1 aliphatic heterocycles. The van der Waals surface area contributed by atoms with Gasteiger partial charge in [0.2, 0.25) is 0 Å². The van der Waals surface area contributed by atoms with Crippen molar-refractivity contribution in [2.45, 2.75) is 31.7 Å². The average Bonchev–Trinajstić information content (AvgIpc) is 2.53. The van der Waals surface area contributed by atoms with E-state index in [0.29, 0.717) is 12.5 Å². The van der Waals surface area contributed by atoms with E-state index in [1.165, 1.54) is 0 Å². The number of unbranched alkanes of at least 4 members (excludes halogenated alkanes) is 1. The second kappa shape index (κ2) is 5.75. The van der Waals surface area contributed by atoms with Crippen LogP contribution in [-0.2, 0) is 14.6 Å². The van der Waals surface area contributed by atoms with Crippen LogP contribution in [0.2, 0.25) is 0 Å². The van der Waals surface area contributed by atoms with Crippen molar-refractivity contribution in [3.05, 3.63) is 0 Å². The van der Waals surface area contributed by atoms with E-state index in [2.05, 4.69) is 0 Å². The molecular formula is C8H14ClO3. The van der Waals surface area contributed by atoms with Crippen molar-refractivity contribution in [2.24, 2.45) is 0 Å². The van der Waals surface area contributed by atoms with Crippen LogP contribution in [0.3, 0.4) is 0 Å². The molecule has 0 bridgehead atoms. The Bertz CT molecular complexity index is 121. The molecule has 71 valence electrons. The predicted molar refractivity (Wildman–Crippen MR) is 44.7 cm³/mol. The summed E-state index contributed by atoms with van der Waals surface area (Å²) in [6.07, 6.45) is 2.44. The van der Waals surface area contributed by atoms with E-state index in [-0.39, 0.29) is 19.0 Å². The predicted octanol–water partition coefficient (Wildman–Crippen LogP) is 1.57. The highest BCUT2D eigenvalue weighted by Crippen LogP contribution is 2.16. The van der Waals surface area contributed by atoms with E-state index >= 15 is 0 Å². The standard InChI is InChI=1S/C8H14ClO3/c9-4-2-1-3-8-11-6-7(5-10)12-8/h7-8H,1-6H2. The molecule has 0 aromatic carbocycles. The van der Waals surface area contributed by atoms with Gasteiger partial charge in [-0.25, -0.2) is 5.11 Å². The second-order valence-electron chi connectivity index (χ2n) is 2.87. The minimum absolute atomic E-state index is 0.160. The van der Waals surface area contributed by atoms with Gasteiger partial charge in [-0.3, -0.25) is 0 Å². The number of hydrogen-bond donors (Lipinski definition) is 0. The molecule has 1 fully saturated rings. The lowest BCUT2D eigenvalue weighted by Crippen LogP contribution is -2.15. The fourth-order valence-electron chi connectivity index (χ4n) is 1.15. The molecule has 2 unspecified atom stereocenters. The van der Waals surface area contributed by atoms with Crippen LogP contribution in [0.25, 0.3) is 0 Å². The van der Waals surface area contributed by atoms with Gasteiger partial charge in [0.15, 0.2) is 6.29 Å². The molecule has 0 saturated carbocycles. The molecule has 0 spiro atoms. The summed E-state index contributed by atoms with van der Waals surface area (Å²) in [5.41, 5.74) is 0. The number of hydrogen-bond acceptors (Lipinski definition) is 2. The largest absolute Gasteiger partial charge is 0.350 e. The minimum atomic E-state index is -0.231. The highest BCUT2D eigenvalue weighted by atomic mass is 35.5. The zero-order chi connectivity index (χ0) is 8.81. The molecule has 1 saturated heterocycles. The zero-order valence-electron chi connectivity index (χ0n) is 7.00. The zero-order valence-corrected chi connectivity index (χ0v) is 7.76. The summed E-state index contributed by atoms with van der Waals surface area (Å²) in [6.45, 7) is 0.251. The number of rotatable bonds is 5. The van der Waals surface area contributed by atoms with E-state index in [1.807, 2.05) is 0 Å². The normalized spacial score (nSPS) is 29.5. The Kier molecular flexibility index (Phi) is 4.92. The quantitative estimate of drug-likeness (QED) is 0.491. The Morgan fingerprint density at radius 3 is 2.83 bits per heavy atom. The SMILES string of the molecule is [O]CC1COC(CCCCCl)O1. The highest BCUT2D eigenvalue weighted by Gasteiger charge is 2.24. The molecule has 0 aliphatic carbocycles. The van der Waals surface area contributed by atoms with E-state index in [1.54, 1.807) is 0 Å². The maximum absolute atomic E-state index is 10.4. The minimum Gasteiger partial charge on any atom is -0.350 e. The molecule has 0 aromatic rings. The molecule has 0 N–H and O–H groups in total. The molecule has 1 radical (unpaired) electrons. The molecule has 0 amide bonds. The first kappa shape index (κ1) is 10.3. The van der Waals surface area contributed by atoms with Crippen molar-refractivity contribution in [3.63, 3.8) is 0 Å². The van der Waals surface area contributed by atoms with E-state index in [0.717, 1.165) is 19.3 Å². The van der Waals surface area contributed by atoms with Crippen molar-refractivity contribution in [2.75, 3.05) is 19.1 Å². The number of halogens is 1. The molecule has 2 atom stereocenters. The van der Waals surface area contributed by atoms with Gasteiger partial charge in [0.05, 0.1) is 6.61 Å². The van der Waals surface area contributed by atoms with Gasteiger partial charge in [0.25, 0.3) is 0 Å². The molecule has 1 heterocycles. The van der Waals surface area contributed by atoms with E-state index in [9.17, 15) is 5.11 Å². The van der Waals surface area contributed by atoms with Gasteiger partial charge in [-0.15, -0.1) is 11.6 Å². The summed E-state index contributed by atoms with van der Waals surface area (Å²) in [6, 6.07) is 0. The van der Waals surface area contributed by atoms with Gasteiger partial charge >= 0.3 is 0 Å². The van der Waals surface area contributed by atoms with Crippen molar-refractivity contribution in [1.82, 2.24) is 0 Å². The van der Waals surface area contributed by atoms with Gasteiger partial charge in [0.1, 0.15) is 12.7 Å². The lowest BCUT2D eigenvalue weighted by molar-refractivity contribution is -0.0746. The topological polar surface area (TPSA) is 38.4 Å². The van der Waals surface area contributed by atoms with Crippen molar-refractivity contribution in [3.8, 4) is 0 Å². The van der Waals surface area contributed by atoms with Crippen molar-refractivity contribution in [1.29, 1.82) is 0 Å². The molecule has 4 heteroatoms. The first-order chi connectivity index (χ1) is 5.86. The lowest BCUT2D eigenvalue weighted by Gasteiger charge is -2.08. The highest BCUT2D eigenvalue weighted by molar-refractivity contribution is 6.17. The fraction of sp³-hybridized carbons (Fsp3) is 1.00. The molecule has 1 rings (SSSR count). The molecule has 1 aliphatic rings. The van der Waals surface area contributed by atoms with Gasteiger partial charge in [-0.2, -0.15) is 0 Å². The van der Waals surface area contributed by atoms with Crippen molar-refractivity contribution >= 4 is 11.6 Å². The third-order valence-electron chi connectivity index (χ3n) is 1.82. The summed E-state index contributed by atoms with van der Waals surface area (Å²) in [5, 5.41) is 10.4. The monoisotopic (exact) mass is 193 g/mol. The lowest BCUT2D eigenvalue weighted by atomic mass is 10.2. The summed E-state index contributed by atoms with van der Waals surface area (Å²) in [4.78, 5) is 0. The van der Waals surface area contributed by atoms with Crippen LogP contribution in [0.5, 0.6) is 0 Å². The third kappa shape index (κ3) is 3.27. The smallest absolute Gasteiger partial charge is 0.158 e. The number of ether oxygens (including phenoxy) is 2. The van der Waals surface area contributed by atoms with Crippen LogP contribution in [0.1, 0.15) is 19.3 Å². The van der Waals surface area contributed by atoms with Crippen LogP contribution >= 0.6 is 11.6 Å². The second-order valence-corrected chi connectivity index (χ2v) is 3.25. The van der Waals surface area contributed by atoms with Gasteiger partial charge in [0, 0.05) is 5.88 Å². The fourth-order valence-corrected chi connectivity index (χ4v) is 1.34. The Balaban J connectivity index is 2.03. The summed E-state index contributed by atoms with van der Waals surface area (Å²) in [5.74, 6) is 0.678. The summed E-state index contributed by atoms with van der Waals surface area (Å²) in [7, 11) is 0. The number of alkyl halides is 1. The molecular weight excluding hydrogens is 180 g/mol. The maximum Gasteiger partial charge on any atom is 0.158 e. The van der Waals surface area contributed by atoms with Crippen LogP contribution in [0.4, 0.5) is 0 Å². The van der Waals surface area contributed by atoms with Gasteiger partial charge < -0.3 is 9.47 Å². The van der Waals surface area contributed by atoms with Crippen LogP contribution in [0.15, 0.2) is 0 Å². The third-order valence-corrected chi connectivity index (χ3v) is 2.09. The summed E-state index contributed by atoms with van der Waals surface area (Å²) < 4.78 is 10.5. The maximum atomic E-state index is 10.4. The first-order valence-corrected chi connectivity index (χ1v) is 4.81. The Morgan fingerprint density at radius 1 is 1.42 bits per heavy atom. The van der Waals surface area contributed by atoms with Gasteiger partial charge in [-0.05, 0) is 19.3 Å². The molecule has 3 nitrogen and oxygen atoms in total. The average molecular weight is 194 g/mol. The van der Waals surface area contributed by atoms with Gasteiger partial charge in [-0.1, -0.05) is 0 Å². The first-order valence-electron chi connectivity index (χ1n) is 4.28. The summed E-state index contributed by atoms with van der Waals surface area (Å²) >= 11 is 5.51. The Labute approximate surface area is 77.6 Å². The molecule has 0 aromatic heterocycles. The van der Waals surface area contributed by atoms with Crippen molar-refractivity contribution < 1.29 is 14.6 Å². The van der Waals surface area contributed by atoms with Crippen LogP contribution < -0.4 is 0 Å².